The second-order valence-electron chi connectivity index (χ2n) is 5.96. The fourth-order valence-corrected chi connectivity index (χ4v) is 3.00. The molecule has 0 saturated heterocycles. The highest BCUT2D eigenvalue weighted by Gasteiger charge is 2.19. The molecule has 2 rings (SSSR count). The first kappa shape index (κ1) is 15.5. The zero-order valence-corrected chi connectivity index (χ0v) is 13.0. The molecule has 1 aliphatic carbocycles. The first-order valence-corrected chi connectivity index (χ1v) is 8.22. The molecule has 1 aromatic rings. The second-order valence-corrected chi connectivity index (χ2v) is 5.96. The molecule has 0 bridgehead atoms. The van der Waals surface area contributed by atoms with Crippen molar-refractivity contribution < 1.29 is 4.74 Å². The maximum absolute atomic E-state index is 6.45. The number of nitrogens with one attached hydrogen (secondary N) is 1. The van der Waals surface area contributed by atoms with Gasteiger partial charge in [-0.1, -0.05) is 62.4 Å². The SMILES string of the molecule is CCNCC(OC1CCCCCC1)c1cccc(C)c1. The molecule has 1 aliphatic rings. The Morgan fingerprint density at radius 1 is 1.20 bits per heavy atom. The Morgan fingerprint density at radius 3 is 2.60 bits per heavy atom. The third-order valence-corrected chi connectivity index (χ3v) is 4.15. The lowest BCUT2D eigenvalue weighted by molar-refractivity contribution is -0.0199. The van der Waals surface area contributed by atoms with Crippen LogP contribution in [0.2, 0.25) is 0 Å². The third-order valence-electron chi connectivity index (χ3n) is 4.15. The molecular weight excluding hydrogens is 246 g/mol. The first-order chi connectivity index (χ1) is 9.79. The lowest BCUT2D eigenvalue weighted by atomic mass is 10.1. The van der Waals surface area contributed by atoms with E-state index in [-0.39, 0.29) is 6.10 Å². The number of rotatable bonds is 6. The molecule has 0 aromatic heterocycles. The van der Waals surface area contributed by atoms with E-state index < -0.39 is 0 Å². The van der Waals surface area contributed by atoms with Crippen molar-refractivity contribution in [3.05, 3.63) is 35.4 Å². The Kier molecular flexibility index (Phi) is 6.55. The molecule has 1 N–H and O–H groups in total. The number of benzene rings is 1. The molecule has 1 aromatic carbocycles. The van der Waals surface area contributed by atoms with Crippen molar-refractivity contribution in [1.82, 2.24) is 5.32 Å². The van der Waals surface area contributed by atoms with Gasteiger partial charge in [0.05, 0.1) is 12.2 Å². The van der Waals surface area contributed by atoms with Crippen LogP contribution in [0.1, 0.15) is 62.7 Å². The number of hydrogen-bond acceptors (Lipinski definition) is 2. The van der Waals surface area contributed by atoms with Crippen LogP contribution in [0.25, 0.3) is 0 Å². The Hall–Kier alpha value is -0.860. The van der Waals surface area contributed by atoms with Gasteiger partial charge in [0.25, 0.3) is 0 Å². The van der Waals surface area contributed by atoms with Crippen molar-refractivity contribution in [1.29, 1.82) is 0 Å². The van der Waals surface area contributed by atoms with E-state index in [9.17, 15) is 0 Å². The average molecular weight is 275 g/mol. The van der Waals surface area contributed by atoms with Crippen molar-refractivity contribution in [2.75, 3.05) is 13.1 Å². The van der Waals surface area contributed by atoms with Gasteiger partial charge in [-0.3, -0.25) is 0 Å². The van der Waals surface area contributed by atoms with E-state index >= 15 is 0 Å². The highest BCUT2D eigenvalue weighted by molar-refractivity contribution is 5.24. The maximum atomic E-state index is 6.45. The van der Waals surface area contributed by atoms with Gasteiger partial charge in [-0.2, -0.15) is 0 Å². The van der Waals surface area contributed by atoms with Gasteiger partial charge in [-0.25, -0.2) is 0 Å². The van der Waals surface area contributed by atoms with Gasteiger partial charge in [-0.05, 0) is 31.9 Å². The van der Waals surface area contributed by atoms with Gasteiger partial charge in [-0.15, -0.1) is 0 Å². The lowest BCUT2D eigenvalue weighted by Gasteiger charge is -2.25. The van der Waals surface area contributed by atoms with Gasteiger partial charge >= 0.3 is 0 Å². The van der Waals surface area contributed by atoms with Crippen molar-refractivity contribution in [2.45, 2.75) is 64.6 Å². The van der Waals surface area contributed by atoms with Crippen molar-refractivity contribution >= 4 is 0 Å². The van der Waals surface area contributed by atoms with E-state index in [1.54, 1.807) is 0 Å². The third kappa shape index (κ3) is 4.92. The highest BCUT2D eigenvalue weighted by Crippen LogP contribution is 2.26. The fourth-order valence-electron chi connectivity index (χ4n) is 3.00. The predicted molar refractivity (Wildman–Crippen MR) is 85.0 cm³/mol. The van der Waals surface area contributed by atoms with E-state index in [1.807, 2.05) is 0 Å². The molecule has 0 radical (unpaired) electrons. The number of ether oxygens (including phenoxy) is 1. The molecule has 2 heteroatoms. The highest BCUT2D eigenvalue weighted by atomic mass is 16.5. The molecular formula is C18H29NO. The van der Waals surface area contributed by atoms with Gasteiger partial charge in [0.1, 0.15) is 0 Å². The molecule has 0 aliphatic heterocycles. The largest absolute Gasteiger partial charge is 0.369 e. The van der Waals surface area contributed by atoms with Gasteiger partial charge in [0.2, 0.25) is 0 Å². The molecule has 1 unspecified atom stereocenters. The van der Waals surface area contributed by atoms with Crippen LogP contribution in [0.15, 0.2) is 24.3 Å². The summed E-state index contributed by atoms with van der Waals surface area (Å²) in [7, 11) is 0. The van der Waals surface area contributed by atoms with Crippen LogP contribution >= 0.6 is 0 Å². The zero-order valence-electron chi connectivity index (χ0n) is 13.0. The summed E-state index contributed by atoms with van der Waals surface area (Å²) in [5, 5.41) is 3.45. The van der Waals surface area contributed by atoms with E-state index in [0.717, 1.165) is 13.1 Å². The van der Waals surface area contributed by atoms with Crippen molar-refractivity contribution in [2.24, 2.45) is 0 Å². The minimum Gasteiger partial charge on any atom is -0.369 e. The van der Waals surface area contributed by atoms with Crippen LogP contribution in [0.5, 0.6) is 0 Å². The van der Waals surface area contributed by atoms with E-state index in [0.29, 0.717) is 6.10 Å². The van der Waals surface area contributed by atoms with Crippen molar-refractivity contribution in [3.63, 3.8) is 0 Å². The Bertz CT molecular complexity index is 383. The molecule has 1 atom stereocenters. The topological polar surface area (TPSA) is 21.3 Å². The summed E-state index contributed by atoms with van der Waals surface area (Å²) in [5.41, 5.74) is 2.63. The van der Waals surface area contributed by atoms with E-state index in [1.165, 1.54) is 49.7 Å². The van der Waals surface area contributed by atoms with Crippen LogP contribution < -0.4 is 5.32 Å². The van der Waals surface area contributed by atoms with Crippen LogP contribution in [0.3, 0.4) is 0 Å². The molecule has 1 fully saturated rings. The summed E-state index contributed by atoms with van der Waals surface area (Å²) in [6.45, 7) is 6.21. The Morgan fingerprint density at radius 2 is 1.95 bits per heavy atom. The van der Waals surface area contributed by atoms with Gasteiger partial charge in [0, 0.05) is 6.54 Å². The summed E-state index contributed by atoms with van der Waals surface area (Å²) in [6.07, 6.45) is 8.51. The average Bonchev–Trinajstić information content (AvgIpc) is 2.72. The number of likely N-dealkylation sites (N-methyl/N-ethyl adjacent to an activating group) is 1. The normalized spacial score (nSPS) is 18.7. The fraction of sp³-hybridized carbons (Fsp3) is 0.667. The molecule has 0 spiro atoms. The maximum Gasteiger partial charge on any atom is 0.0953 e. The molecule has 112 valence electrons. The van der Waals surface area contributed by atoms with Crippen LogP contribution in [0.4, 0.5) is 0 Å². The Labute approximate surface area is 123 Å². The monoisotopic (exact) mass is 275 g/mol. The molecule has 0 amide bonds. The summed E-state index contributed by atoms with van der Waals surface area (Å²) in [5.74, 6) is 0. The van der Waals surface area contributed by atoms with E-state index in [2.05, 4.69) is 43.4 Å². The quantitative estimate of drug-likeness (QED) is 0.778. The number of aryl methyl sites for hydroxylation is 1. The van der Waals surface area contributed by atoms with Gasteiger partial charge in [0.15, 0.2) is 0 Å². The first-order valence-electron chi connectivity index (χ1n) is 8.22. The summed E-state index contributed by atoms with van der Waals surface area (Å²) >= 11 is 0. The molecule has 1 saturated carbocycles. The van der Waals surface area contributed by atoms with Crippen LogP contribution in [-0.2, 0) is 4.74 Å². The minimum absolute atomic E-state index is 0.193. The van der Waals surface area contributed by atoms with Gasteiger partial charge < -0.3 is 10.1 Å². The predicted octanol–water partition coefficient (Wildman–Crippen LogP) is 4.39. The summed E-state index contributed by atoms with van der Waals surface area (Å²) < 4.78 is 6.45. The molecule has 0 heterocycles. The second kappa shape index (κ2) is 8.43. The van der Waals surface area contributed by atoms with Crippen molar-refractivity contribution in [3.8, 4) is 0 Å². The molecule has 20 heavy (non-hydrogen) atoms. The smallest absolute Gasteiger partial charge is 0.0953 e. The molecule has 2 nitrogen and oxygen atoms in total. The van der Waals surface area contributed by atoms with Crippen LogP contribution in [0, 0.1) is 6.92 Å². The lowest BCUT2D eigenvalue weighted by Crippen LogP contribution is -2.26. The minimum atomic E-state index is 0.193. The standard InChI is InChI=1S/C18H29NO/c1-3-19-14-18(16-10-8-9-15(2)13-16)20-17-11-6-4-5-7-12-17/h8-10,13,17-19H,3-7,11-12,14H2,1-2H3. The Balaban J connectivity index is 2.02. The summed E-state index contributed by atoms with van der Waals surface area (Å²) in [6, 6.07) is 8.75. The van der Waals surface area contributed by atoms with Crippen LogP contribution in [-0.4, -0.2) is 19.2 Å². The summed E-state index contributed by atoms with van der Waals surface area (Å²) in [4.78, 5) is 0. The zero-order chi connectivity index (χ0) is 14.2. The number of hydrogen-bond donors (Lipinski definition) is 1. The van der Waals surface area contributed by atoms with E-state index in [4.69, 9.17) is 4.74 Å².